The van der Waals surface area contributed by atoms with Crippen molar-refractivity contribution in [2.75, 3.05) is 0 Å². The molecule has 0 rings (SSSR count). The summed E-state index contributed by atoms with van der Waals surface area (Å²) in [6.45, 7) is 1.46. The van der Waals surface area contributed by atoms with Gasteiger partial charge in [0.25, 0.3) is 0 Å². The second-order valence-corrected chi connectivity index (χ2v) is 1.25. The van der Waals surface area contributed by atoms with Crippen LogP contribution in [-0.4, -0.2) is 17.2 Å². The fraction of sp³-hybridized carbons (Fsp3) is 0.667. The van der Waals surface area contributed by atoms with Crippen LogP contribution in [0.5, 0.6) is 0 Å². The van der Waals surface area contributed by atoms with Crippen LogP contribution >= 0.6 is 0 Å². The number of carbonyl (C=O) groups excluding carboxylic acids is 1. The first-order valence-corrected chi connectivity index (χ1v) is 1.87. The van der Waals surface area contributed by atoms with Crippen molar-refractivity contribution in [3.05, 3.63) is 0 Å². The minimum absolute atomic E-state index is 0.567. The summed E-state index contributed by atoms with van der Waals surface area (Å²) < 4.78 is 0. The monoisotopic (exact) mass is 104 g/mol. The maximum atomic E-state index is 9.93. The van der Waals surface area contributed by atoms with E-state index in [1.54, 1.807) is 5.48 Å². The number of carbonyl (C=O) groups is 1. The molecule has 0 aromatic heterocycles. The molecule has 0 saturated carbocycles. The summed E-state index contributed by atoms with van der Waals surface area (Å²) >= 11 is 0. The van der Waals surface area contributed by atoms with Gasteiger partial charge >= 0.3 is 0 Å². The number of hydrogen-bond acceptors (Lipinski definition) is 3. The first-order chi connectivity index (χ1) is 3.18. The molecule has 0 aliphatic carbocycles. The molecular formula is C3H8N2O2. The second-order valence-electron chi connectivity index (χ2n) is 1.25. The van der Waals surface area contributed by atoms with Gasteiger partial charge in [-0.3, -0.25) is 4.79 Å². The average molecular weight is 104 g/mol. The Balaban J connectivity index is 3.34. The van der Waals surface area contributed by atoms with Crippen LogP contribution in [0.15, 0.2) is 0 Å². The number of amides is 1. The fourth-order valence-electron chi connectivity index (χ4n) is 0.0636. The highest BCUT2D eigenvalue weighted by Gasteiger charge is 2.02. The third-order valence-electron chi connectivity index (χ3n) is 0.620. The van der Waals surface area contributed by atoms with Crippen LogP contribution in [0, 0.1) is 0 Å². The lowest BCUT2D eigenvalue weighted by Crippen LogP contribution is -2.36. The summed E-state index contributed by atoms with van der Waals surface area (Å²) in [6.07, 6.45) is 0. The molecule has 4 heteroatoms. The largest absolute Gasteiger partial charge is 0.368 e. The summed E-state index contributed by atoms with van der Waals surface area (Å²) in [7, 11) is 0. The first kappa shape index (κ1) is 6.39. The normalized spacial score (nSPS) is 13.4. The van der Waals surface area contributed by atoms with Crippen LogP contribution in [0.1, 0.15) is 6.92 Å². The fourth-order valence-corrected chi connectivity index (χ4v) is 0.0636. The molecule has 0 aromatic carbocycles. The first-order valence-electron chi connectivity index (χ1n) is 1.87. The van der Waals surface area contributed by atoms with Gasteiger partial charge in [0.1, 0.15) is 6.04 Å². The molecule has 0 fully saturated rings. The Kier molecular flexibility index (Phi) is 2.32. The highest BCUT2D eigenvalue weighted by molar-refractivity contribution is 5.79. The Hall–Kier alpha value is -0.610. The SMILES string of the molecule is CC(NO)C(N)=O. The van der Waals surface area contributed by atoms with Crippen LogP contribution in [0.3, 0.4) is 0 Å². The Bertz CT molecular complexity index is 73.3. The van der Waals surface area contributed by atoms with Crippen LogP contribution in [0.25, 0.3) is 0 Å². The van der Waals surface area contributed by atoms with Crippen molar-refractivity contribution < 1.29 is 10.0 Å². The predicted octanol–water partition coefficient (Wildman–Crippen LogP) is -1.16. The van der Waals surface area contributed by atoms with Gasteiger partial charge in [0.15, 0.2) is 0 Å². The quantitative estimate of drug-likeness (QED) is 0.387. The number of nitrogens with two attached hydrogens (primary N) is 1. The maximum Gasteiger partial charge on any atom is 0.236 e. The Morgan fingerprint density at radius 2 is 2.43 bits per heavy atom. The van der Waals surface area contributed by atoms with E-state index in [-0.39, 0.29) is 0 Å². The third kappa shape index (κ3) is 2.13. The van der Waals surface area contributed by atoms with Crippen LogP contribution in [0.4, 0.5) is 0 Å². The highest BCUT2D eigenvalue weighted by atomic mass is 16.5. The van der Waals surface area contributed by atoms with Gasteiger partial charge in [-0.25, -0.2) is 0 Å². The molecule has 1 amide bonds. The van der Waals surface area contributed by atoms with Crippen molar-refractivity contribution in [1.82, 2.24) is 5.48 Å². The van der Waals surface area contributed by atoms with Crippen molar-refractivity contribution in [1.29, 1.82) is 0 Å². The van der Waals surface area contributed by atoms with Crippen molar-refractivity contribution in [3.8, 4) is 0 Å². The molecule has 0 aromatic rings. The summed E-state index contributed by atoms with van der Waals surface area (Å²) in [5.74, 6) is -0.567. The molecule has 0 aliphatic heterocycles. The lowest BCUT2D eigenvalue weighted by molar-refractivity contribution is -0.121. The summed E-state index contributed by atoms with van der Waals surface area (Å²) in [5.41, 5.74) is 6.37. The molecule has 4 nitrogen and oxygen atoms in total. The van der Waals surface area contributed by atoms with Gasteiger partial charge in [0.05, 0.1) is 0 Å². The van der Waals surface area contributed by atoms with Gasteiger partial charge in [-0.05, 0) is 6.92 Å². The standard InChI is InChI=1S/C3H8N2O2/c1-2(5-7)3(4)6/h2,5,7H,1H3,(H2,4,6). The van der Waals surface area contributed by atoms with Crippen molar-refractivity contribution >= 4 is 5.91 Å². The topological polar surface area (TPSA) is 75.3 Å². The Morgan fingerprint density at radius 3 is 2.43 bits per heavy atom. The minimum Gasteiger partial charge on any atom is -0.368 e. The molecule has 0 heterocycles. The molecule has 0 spiro atoms. The lowest BCUT2D eigenvalue weighted by atomic mass is 10.4. The van der Waals surface area contributed by atoms with E-state index in [2.05, 4.69) is 5.73 Å². The van der Waals surface area contributed by atoms with E-state index >= 15 is 0 Å². The lowest BCUT2D eigenvalue weighted by Gasteiger charge is -1.99. The van der Waals surface area contributed by atoms with E-state index in [0.717, 1.165) is 0 Å². The van der Waals surface area contributed by atoms with Gasteiger partial charge in [-0.15, -0.1) is 0 Å². The smallest absolute Gasteiger partial charge is 0.236 e. The zero-order valence-corrected chi connectivity index (χ0v) is 4.01. The van der Waals surface area contributed by atoms with E-state index in [0.29, 0.717) is 0 Å². The number of hydrogen-bond donors (Lipinski definition) is 3. The molecule has 1 atom stereocenters. The maximum absolute atomic E-state index is 9.93. The third-order valence-corrected chi connectivity index (χ3v) is 0.620. The number of nitrogens with one attached hydrogen (secondary N) is 1. The Labute approximate surface area is 41.3 Å². The van der Waals surface area contributed by atoms with E-state index in [4.69, 9.17) is 5.21 Å². The van der Waals surface area contributed by atoms with Gasteiger partial charge < -0.3 is 10.9 Å². The van der Waals surface area contributed by atoms with E-state index in [1.807, 2.05) is 0 Å². The zero-order valence-electron chi connectivity index (χ0n) is 4.01. The number of rotatable bonds is 2. The molecule has 0 radical (unpaired) electrons. The molecule has 0 saturated heterocycles. The van der Waals surface area contributed by atoms with Crippen LogP contribution < -0.4 is 11.2 Å². The molecule has 7 heavy (non-hydrogen) atoms. The van der Waals surface area contributed by atoms with Gasteiger partial charge in [0.2, 0.25) is 5.91 Å². The summed E-state index contributed by atoms with van der Waals surface area (Å²) in [5, 5.41) is 7.95. The average Bonchev–Trinajstić information content (AvgIpc) is 1.65. The highest BCUT2D eigenvalue weighted by Crippen LogP contribution is 1.71. The van der Waals surface area contributed by atoms with Crippen molar-refractivity contribution in [3.63, 3.8) is 0 Å². The molecule has 1 unspecified atom stereocenters. The number of primary amides is 1. The van der Waals surface area contributed by atoms with Crippen molar-refractivity contribution in [2.24, 2.45) is 5.73 Å². The Morgan fingerprint density at radius 1 is 2.00 bits per heavy atom. The van der Waals surface area contributed by atoms with Gasteiger partial charge in [-0.2, -0.15) is 5.48 Å². The van der Waals surface area contributed by atoms with Crippen LogP contribution in [-0.2, 0) is 4.79 Å². The van der Waals surface area contributed by atoms with Gasteiger partial charge in [0, 0.05) is 0 Å². The van der Waals surface area contributed by atoms with Gasteiger partial charge in [-0.1, -0.05) is 0 Å². The van der Waals surface area contributed by atoms with E-state index in [1.165, 1.54) is 6.92 Å². The van der Waals surface area contributed by atoms with Crippen LogP contribution in [0.2, 0.25) is 0 Å². The van der Waals surface area contributed by atoms with E-state index < -0.39 is 11.9 Å². The summed E-state index contributed by atoms with van der Waals surface area (Å²) in [6, 6.07) is -0.653. The molecule has 42 valence electrons. The second kappa shape index (κ2) is 2.54. The number of hydroxylamine groups is 1. The molecule has 0 aliphatic rings. The zero-order chi connectivity index (χ0) is 5.86. The minimum atomic E-state index is -0.653. The molecule has 4 N–H and O–H groups in total. The predicted molar refractivity (Wildman–Crippen MR) is 23.6 cm³/mol. The van der Waals surface area contributed by atoms with Crippen molar-refractivity contribution in [2.45, 2.75) is 13.0 Å². The molecule has 0 bridgehead atoms. The summed E-state index contributed by atoms with van der Waals surface area (Å²) in [4.78, 5) is 9.93. The van der Waals surface area contributed by atoms with E-state index in [9.17, 15) is 4.79 Å². The molecular weight excluding hydrogens is 96.0 g/mol.